The van der Waals surface area contributed by atoms with Crippen molar-refractivity contribution in [1.82, 2.24) is 10.2 Å². The third-order valence-corrected chi connectivity index (χ3v) is 4.01. The van der Waals surface area contributed by atoms with Crippen molar-refractivity contribution < 1.29 is 14.7 Å². The van der Waals surface area contributed by atoms with E-state index in [0.717, 1.165) is 16.0 Å². The van der Waals surface area contributed by atoms with Gasteiger partial charge in [-0.2, -0.15) is 0 Å². The molecule has 1 aliphatic rings. The predicted molar refractivity (Wildman–Crippen MR) is 91.4 cm³/mol. The standard InChI is InChI=1S/C18H15ClN2O3/c1-11-2-4-12(5-3-11)10-21-17(23)15(20-18(21)24)9-13-6-7-16(22)14(19)8-13/h2-9,22H,10H2,1H3,(H,20,24)/b15-9+. The number of amides is 3. The Morgan fingerprint density at radius 3 is 2.54 bits per heavy atom. The van der Waals surface area contributed by atoms with E-state index >= 15 is 0 Å². The number of benzene rings is 2. The fraction of sp³-hybridized carbons (Fsp3) is 0.111. The van der Waals surface area contributed by atoms with Crippen LogP contribution in [-0.2, 0) is 11.3 Å². The van der Waals surface area contributed by atoms with Gasteiger partial charge >= 0.3 is 6.03 Å². The number of phenolic OH excluding ortho intramolecular Hbond substituents is 1. The second-order valence-electron chi connectivity index (χ2n) is 5.58. The van der Waals surface area contributed by atoms with Crippen LogP contribution >= 0.6 is 11.6 Å². The van der Waals surface area contributed by atoms with Crippen LogP contribution < -0.4 is 5.32 Å². The summed E-state index contributed by atoms with van der Waals surface area (Å²) in [6, 6.07) is 11.7. The number of imide groups is 1. The maximum Gasteiger partial charge on any atom is 0.329 e. The summed E-state index contributed by atoms with van der Waals surface area (Å²) >= 11 is 5.85. The summed E-state index contributed by atoms with van der Waals surface area (Å²) in [6.07, 6.45) is 1.53. The number of hydrogen-bond acceptors (Lipinski definition) is 3. The van der Waals surface area contributed by atoms with Crippen molar-refractivity contribution in [2.45, 2.75) is 13.5 Å². The van der Waals surface area contributed by atoms with Crippen LogP contribution in [0.5, 0.6) is 5.75 Å². The van der Waals surface area contributed by atoms with Crippen molar-refractivity contribution in [1.29, 1.82) is 0 Å². The zero-order chi connectivity index (χ0) is 17.3. The molecule has 0 radical (unpaired) electrons. The van der Waals surface area contributed by atoms with Gasteiger partial charge in [0.25, 0.3) is 5.91 Å². The van der Waals surface area contributed by atoms with Gasteiger partial charge in [0.05, 0.1) is 11.6 Å². The van der Waals surface area contributed by atoms with Crippen molar-refractivity contribution in [3.8, 4) is 5.75 Å². The minimum Gasteiger partial charge on any atom is -0.506 e. The molecule has 1 aliphatic heterocycles. The van der Waals surface area contributed by atoms with Crippen LogP contribution in [-0.4, -0.2) is 21.9 Å². The SMILES string of the molecule is Cc1ccc(CN2C(=O)N/C(=C/c3ccc(O)c(Cl)c3)C2=O)cc1. The molecule has 2 aromatic carbocycles. The van der Waals surface area contributed by atoms with E-state index in [1.165, 1.54) is 18.2 Å². The topological polar surface area (TPSA) is 69.6 Å². The number of carbonyl (C=O) groups excluding carboxylic acids is 2. The van der Waals surface area contributed by atoms with E-state index in [-0.39, 0.29) is 23.0 Å². The molecule has 1 fully saturated rings. The lowest BCUT2D eigenvalue weighted by Crippen LogP contribution is -2.30. The smallest absolute Gasteiger partial charge is 0.329 e. The van der Waals surface area contributed by atoms with Crippen LogP contribution in [0.25, 0.3) is 6.08 Å². The van der Waals surface area contributed by atoms with Gasteiger partial charge in [0.15, 0.2) is 0 Å². The number of urea groups is 1. The minimum atomic E-state index is -0.461. The number of carbonyl (C=O) groups is 2. The van der Waals surface area contributed by atoms with Gasteiger partial charge in [-0.25, -0.2) is 4.79 Å². The number of phenols is 1. The molecule has 0 bridgehead atoms. The van der Waals surface area contributed by atoms with E-state index in [1.54, 1.807) is 6.07 Å². The zero-order valence-corrected chi connectivity index (χ0v) is 13.7. The average Bonchev–Trinajstić information content (AvgIpc) is 2.80. The molecule has 0 aliphatic carbocycles. The Kier molecular flexibility index (Phi) is 4.27. The Hall–Kier alpha value is -2.79. The molecule has 0 saturated carbocycles. The molecule has 6 heteroatoms. The van der Waals surface area contributed by atoms with Gasteiger partial charge in [-0.1, -0.05) is 47.5 Å². The van der Waals surface area contributed by atoms with Gasteiger partial charge in [0, 0.05) is 0 Å². The lowest BCUT2D eigenvalue weighted by atomic mass is 10.1. The Balaban J connectivity index is 1.81. The first kappa shape index (κ1) is 16.1. The maximum absolute atomic E-state index is 12.4. The monoisotopic (exact) mass is 342 g/mol. The quantitative estimate of drug-likeness (QED) is 0.663. The fourth-order valence-electron chi connectivity index (χ4n) is 2.37. The zero-order valence-electron chi connectivity index (χ0n) is 12.9. The fourth-order valence-corrected chi connectivity index (χ4v) is 2.56. The number of nitrogens with zero attached hydrogens (tertiary/aromatic N) is 1. The third kappa shape index (κ3) is 3.26. The van der Waals surface area contributed by atoms with Gasteiger partial charge in [-0.05, 0) is 36.3 Å². The molecule has 0 spiro atoms. The predicted octanol–water partition coefficient (Wildman–Crippen LogP) is 3.45. The first-order valence-corrected chi connectivity index (χ1v) is 7.70. The van der Waals surface area contributed by atoms with Crippen molar-refractivity contribution >= 4 is 29.6 Å². The van der Waals surface area contributed by atoms with E-state index in [0.29, 0.717) is 5.56 Å². The lowest BCUT2D eigenvalue weighted by Gasteiger charge is -2.11. The average molecular weight is 343 g/mol. The molecule has 3 amide bonds. The molecule has 3 rings (SSSR count). The molecule has 1 saturated heterocycles. The second kappa shape index (κ2) is 6.37. The minimum absolute atomic E-state index is 0.0402. The molecule has 2 aromatic rings. The largest absolute Gasteiger partial charge is 0.506 e. The molecule has 122 valence electrons. The highest BCUT2D eigenvalue weighted by Crippen LogP contribution is 2.25. The molecule has 1 heterocycles. The van der Waals surface area contributed by atoms with Gasteiger partial charge in [0.1, 0.15) is 11.4 Å². The number of aromatic hydroxyl groups is 1. The molecule has 0 aromatic heterocycles. The Morgan fingerprint density at radius 2 is 1.88 bits per heavy atom. The second-order valence-corrected chi connectivity index (χ2v) is 5.98. The summed E-state index contributed by atoms with van der Waals surface area (Å²) in [5, 5.41) is 12.2. The highest BCUT2D eigenvalue weighted by Gasteiger charge is 2.33. The van der Waals surface area contributed by atoms with Crippen molar-refractivity contribution in [2.75, 3.05) is 0 Å². The van der Waals surface area contributed by atoms with E-state index < -0.39 is 11.9 Å². The Labute approximate surface area is 144 Å². The maximum atomic E-state index is 12.4. The lowest BCUT2D eigenvalue weighted by molar-refractivity contribution is -0.123. The molecule has 24 heavy (non-hydrogen) atoms. The first-order valence-electron chi connectivity index (χ1n) is 7.32. The number of halogens is 1. The van der Waals surface area contributed by atoms with E-state index in [4.69, 9.17) is 11.6 Å². The van der Waals surface area contributed by atoms with Crippen molar-refractivity contribution in [3.63, 3.8) is 0 Å². The summed E-state index contributed by atoms with van der Waals surface area (Å²) in [4.78, 5) is 25.7. The first-order chi connectivity index (χ1) is 11.4. The van der Waals surface area contributed by atoms with Crippen LogP contribution in [0.15, 0.2) is 48.2 Å². The number of nitrogens with one attached hydrogen (secondary N) is 1. The highest BCUT2D eigenvalue weighted by atomic mass is 35.5. The van der Waals surface area contributed by atoms with Gasteiger partial charge < -0.3 is 10.4 Å². The summed E-state index contributed by atoms with van der Waals surface area (Å²) in [5.41, 5.74) is 2.77. The summed E-state index contributed by atoms with van der Waals surface area (Å²) < 4.78 is 0. The molecule has 2 N–H and O–H groups in total. The Morgan fingerprint density at radius 1 is 1.17 bits per heavy atom. The molecular weight excluding hydrogens is 328 g/mol. The van der Waals surface area contributed by atoms with Gasteiger partial charge in [0.2, 0.25) is 0 Å². The van der Waals surface area contributed by atoms with Crippen LogP contribution in [0.2, 0.25) is 5.02 Å². The van der Waals surface area contributed by atoms with Crippen LogP contribution in [0.3, 0.4) is 0 Å². The summed E-state index contributed by atoms with van der Waals surface area (Å²) in [6.45, 7) is 2.18. The van der Waals surface area contributed by atoms with Gasteiger partial charge in [-0.15, -0.1) is 0 Å². The summed E-state index contributed by atoms with van der Waals surface area (Å²) in [5.74, 6) is -0.439. The number of rotatable bonds is 3. The third-order valence-electron chi connectivity index (χ3n) is 3.71. The van der Waals surface area contributed by atoms with Crippen molar-refractivity contribution in [3.05, 3.63) is 69.9 Å². The van der Waals surface area contributed by atoms with Crippen LogP contribution in [0.1, 0.15) is 16.7 Å². The van der Waals surface area contributed by atoms with E-state index in [2.05, 4.69) is 5.32 Å². The number of hydrogen-bond donors (Lipinski definition) is 2. The Bertz CT molecular complexity index is 844. The molecule has 0 unspecified atom stereocenters. The number of aryl methyl sites for hydroxylation is 1. The van der Waals surface area contributed by atoms with Crippen LogP contribution in [0, 0.1) is 6.92 Å². The highest BCUT2D eigenvalue weighted by molar-refractivity contribution is 6.32. The molecule has 5 nitrogen and oxygen atoms in total. The summed E-state index contributed by atoms with van der Waals surface area (Å²) in [7, 11) is 0. The van der Waals surface area contributed by atoms with Crippen molar-refractivity contribution in [2.24, 2.45) is 0 Å². The van der Waals surface area contributed by atoms with E-state index in [9.17, 15) is 14.7 Å². The molecule has 0 atom stereocenters. The van der Waals surface area contributed by atoms with Gasteiger partial charge in [-0.3, -0.25) is 9.69 Å². The van der Waals surface area contributed by atoms with Crippen LogP contribution in [0.4, 0.5) is 4.79 Å². The normalized spacial score (nSPS) is 15.9. The molecular formula is C18H15ClN2O3. The van der Waals surface area contributed by atoms with E-state index in [1.807, 2.05) is 31.2 Å².